The molecule has 0 fully saturated rings. The smallest absolute Gasteiger partial charge is 0.316 e. The number of methoxy groups -OCH3 is 1. The Morgan fingerprint density at radius 3 is 2.91 bits per heavy atom. The minimum Gasteiger partial charge on any atom is -0.468 e. The maximum absolute atomic E-state index is 10.9. The van der Waals surface area contributed by atoms with Gasteiger partial charge in [0.1, 0.15) is 11.7 Å². The summed E-state index contributed by atoms with van der Waals surface area (Å²) in [4.78, 5) is 10.9. The third-order valence-electron chi connectivity index (χ3n) is 1.52. The normalized spacial score (nSPS) is 12.5. The molecule has 0 aliphatic rings. The van der Waals surface area contributed by atoms with E-state index in [1.165, 1.54) is 13.4 Å². The van der Waals surface area contributed by atoms with Crippen molar-refractivity contribution in [2.75, 3.05) is 7.11 Å². The Morgan fingerprint density at radius 2 is 2.45 bits per heavy atom. The summed E-state index contributed by atoms with van der Waals surface area (Å²) in [7, 11) is 1.36. The zero-order valence-corrected chi connectivity index (χ0v) is 6.53. The number of hydrogen-bond acceptors (Lipinski definition) is 3. The molecule has 0 aliphatic heterocycles. The summed E-state index contributed by atoms with van der Waals surface area (Å²) in [5.74, 6) is 0.0480. The first-order chi connectivity index (χ1) is 5.25. The Hall–Kier alpha value is -1.25. The van der Waals surface area contributed by atoms with E-state index < -0.39 is 0 Å². The van der Waals surface area contributed by atoms with Crippen LogP contribution < -0.4 is 0 Å². The zero-order chi connectivity index (χ0) is 8.27. The van der Waals surface area contributed by atoms with Crippen molar-refractivity contribution >= 4 is 5.97 Å². The van der Waals surface area contributed by atoms with Crippen LogP contribution in [0, 0.1) is 0 Å². The molecule has 3 nitrogen and oxygen atoms in total. The number of esters is 1. The fourth-order valence-electron chi connectivity index (χ4n) is 0.831. The van der Waals surface area contributed by atoms with Crippen LogP contribution in [0.25, 0.3) is 0 Å². The van der Waals surface area contributed by atoms with E-state index in [2.05, 4.69) is 4.74 Å². The Kier molecular flexibility index (Phi) is 2.31. The van der Waals surface area contributed by atoms with Crippen LogP contribution in [0.2, 0.25) is 0 Å². The van der Waals surface area contributed by atoms with Gasteiger partial charge < -0.3 is 9.15 Å². The van der Waals surface area contributed by atoms with Gasteiger partial charge in [-0.05, 0) is 19.1 Å². The van der Waals surface area contributed by atoms with Crippen molar-refractivity contribution in [1.82, 2.24) is 0 Å². The highest BCUT2D eigenvalue weighted by molar-refractivity contribution is 5.76. The first kappa shape index (κ1) is 7.85. The minimum atomic E-state index is -0.310. The van der Waals surface area contributed by atoms with E-state index in [4.69, 9.17) is 4.42 Å². The third kappa shape index (κ3) is 1.61. The van der Waals surface area contributed by atoms with Gasteiger partial charge in [0, 0.05) is 0 Å². The van der Waals surface area contributed by atoms with Crippen molar-refractivity contribution in [3.8, 4) is 0 Å². The van der Waals surface area contributed by atoms with Gasteiger partial charge in [-0.3, -0.25) is 4.79 Å². The molecule has 0 N–H and O–H groups in total. The van der Waals surface area contributed by atoms with Crippen molar-refractivity contribution in [1.29, 1.82) is 0 Å². The first-order valence-electron chi connectivity index (χ1n) is 3.37. The topological polar surface area (TPSA) is 39.4 Å². The second-order valence-electron chi connectivity index (χ2n) is 2.26. The van der Waals surface area contributed by atoms with Gasteiger partial charge in [-0.15, -0.1) is 0 Å². The number of hydrogen-bond donors (Lipinski definition) is 0. The molecule has 0 aromatic carbocycles. The number of furan rings is 1. The highest BCUT2D eigenvalue weighted by atomic mass is 16.5. The second kappa shape index (κ2) is 3.23. The van der Waals surface area contributed by atoms with E-state index in [1.54, 1.807) is 19.1 Å². The molecule has 1 atom stereocenters. The SMILES string of the molecule is COC(=O)C(C)c1ccco1. The van der Waals surface area contributed by atoms with Gasteiger partial charge in [-0.25, -0.2) is 0 Å². The molecule has 0 bridgehead atoms. The molecular weight excluding hydrogens is 144 g/mol. The molecule has 1 heterocycles. The summed E-state index contributed by atoms with van der Waals surface area (Å²) in [5.41, 5.74) is 0. The lowest BCUT2D eigenvalue weighted by molar-refractivity contribution is -0.142. The van der Waals surface area contributed by atoms with Crippen LogP contribution >= 0.6 is 0 Å². The van der Waals surface area contributed by atoms with E-state index >= 15 is 0 Å². The molecule has 11 heavy (non-hydrogen) atoms. The Balaban J connectivity index is 2.70. The van der Waals surface area contributed by atoms with Crippen molar-refractivity contribution < 1.29 is 13.9 Å². The van der Waals surface area contributed by atoms with Gasteiger partial charge in [0.05, 0.1) is 13.4 Å². The number of rotatable bonds is 2. The van der Waals surface area contributed by atoms with Crippen LogP contribution in [-0.2, 0) is 9.53 Å². The molecule has 0 saturated carbocycles. The predicted octanol–water partition coefficient (Wildman–Crippen LogP) is 1.56. The second-order valence-corrected chi connectivity index (χ2v) is 2.26. The van der Waals surface area contributed by atoms with Crippen molar-refractivity contribution in [2.24, 2.45) is 0 Å². The van der Waals surface area contributed by atoms with Crippen molar-refractivity contribution in [3.63, 3.8) is 0 Å². The fourth-order valence-corrected chi connectivity index (χ4v) is 0.831. The molecule has 0 spiro atoms. The van der Waals surface area contributed by atoms with Gasteiger partial charge in [-0.2, -0.15) is 0 Å². The fraction of sp³-hybridized carbons (Fsp3) is 0.375. The average Bonchev–Trinajstić information content (AvgIpc) is 2.53. The molecular formula is C8H10O3. The number of carbonyl (C=O) groups is 1. The van der Waals surface area contributed by atoms with Crippen LogP contribution in [0.3, 0.4) is 0 Å². The summed E-state index contributed by atoms with van der Waals surface area (Å²) < 4.78 is 9.55. The van der Waals surface area contributed by atoms with Crippen LogP contribution in [0.4, 0.5) is 0 Å². The molecule has 1 unspecified atom stereocenters. The minimum absolute atomic E-state index is 0.278. The molecule has 0 aliphatic carbocycles. The number of carbonyl (C=O) groups excluding carboxylic acids is 1. The van der Waals surface area contributed by atoms with Gasteiger partial charge in [0.15, 0.2) is 0 Å². The van der Waals surface area contributed by atoms with E-state index in [0.717, 1.165) is 0 Å². The monoisotopic (exact) mass is 154 g/mol. The average molecular weight is 154 g/mol. The van der Waals surface area contributed by atoms with Gasteiger partial charge in [0.2, 0.25) is 0 Å². The molecule has 1 aromatic rings. The lowest BCUT2D eigenvalue weighted by Gasteiger charge is -2.03. The molecule has 0 saturated heterocycles. The van der Waals surface area contributed by atoms with Crippen molar-refractivity contribution in [3.05, 3.63) is 24.2 Å². The summed E-state index contributed by atoms with van der Waals surface area (Å²) in [6, 6.07) is 3.50. The maximum Gasteiger partial charge on any atom is 0.316 e. The lowest BCUT2D eigenvalue weighted by Crippen LogP contribution is -2.09. The molecule has 0 amide bonds. The van der Waals surface area contributed by atoms with E-state index in [1.807, 2.05) is 0 Å². The molecule has 1 rings (SSSR count). The maximum atomic E-state index is 10.9. The summed E-state index contributed by atoms with van der Waals surface area (Å²) in [6.07, 6.45) is 1.54. The van der Waals surface area contributed by atoms with Gasteiger partial charge in [-0.1, -0.05) is 0 Å². The van der Waals surface area contributed by atoms with Crippen LogP contribution in [-0.4, -0.2) is 13.1 Å². The van der Waals surface area contributed by atoms with E-state index in [9.17, 15) is 4.79 Å². The van der Waals surface area contributed by atoms with Gasteiger partial charge in [0.25, 0.3) is 0 Å². The summed E-state index contributed by atoms with van der Waals surface area (Å²) in [6.45, 7) is 1.74. The Labute approximate surface area is 65.0 Å². The van der Waals surface area contributed by atoms with Gasteiger partial charge >= 0.3 is 5.97 Å². The zero-order valence-electron chi connectivity index (χ0n) is 6.53. The van der Waals surface area contributed by atoms with Crippen molar-refractivity contribution in [2.45, 2.75) is 12.8 Å². The Morgan fingerprint density at radius 1 is 1.73 bits per heavy atom. The third-order valence-corrected chi connectivity index (χ3v) is 1.52. The molecule has 60 valence electrons. The standard InChI is InChI=1S/C8H10O3/c1-6(8(9)10-2)7-4-3-5-11-7/h3-6H,1-2H3. The highest BCUT2D eigenvalue weighted by Gasteiger charge is 2.17. The first-order valence-corrected chi connectivity index (χ1v) is 3.37. The van der Waals surface area contributed by atoms with Crippen LogP contribution in [0.15, 0.2) is 22.8 Å². The van der Waals surface area contributed by atoms with E-state index in [-0.39, 0.29) is 11.9 Å². The molecule has 3 heteroatoms. The van der Waals surface area contributed by atoms with Crippen LogP contribution in [0.1, 0.15) is 18.6 Å². The summed E-state index contributed by atoms with van der Waals surface area (Å²) >= 11 is 0. The summed E-state index contributed by atoms with van der Waals surface area (Å²) in [5, 5.41) is 0. The Bertz CT molecular complexity index is 225. The van der Waals surface area contributed by atoms with Crippen LogP contribution in [0.5, 0.6) is 0 Å². The molecule has 0 radical (unpaired) electrons. The molecule has 1 aromatic heterocycles. The lowest BCUT2D eigenvalue weighted by atomic mass is 10.1. The highest BCUT2D eigenvalue weighted by Crippen LogP contribution is 2.16. The predicted molar refractivity (Wildman–Crippen MR) is 39.1 cm³/mol. The quantitative estimate of drug-likeness (QED) is 0.607. The largest absolute Gasteiger partial charge is 0.468 e. The van der Waals surface area contributed by atoms with E-state index in [0.29, 0.717) is 5.76 Å². The number of ether oxygens (including phenoxy) is 1.